The van der Waals surface area contributed by atoms with Crippen LogP contribution in [-0.2, 0) is 19.1 Å². The second kappa shape index (κ2) is 7.24. The molecule has 0 aromatic heterocycles. The zero-order valence-electron chi connectivity index (χ0n) is 11.3. The van der Waals surface area contributed by atoms with Gasteiger partial charge >= 0.3 is 11.9 Å². The first-order valence-electron chi connectivity index (χ1n) is 5.46. The highest BCUT2D eigenvalue weighted by molar-refractivity contribution is 5.80. The largest absolute Gasteiger partial charge is 0.469 e. The Morgan fingerprint density at radius 2 is 1.76 bits per heavy atom. The molecular weight excluding hydrogens is 224 g/mol. The van der Waals surface area contributed by atoms with Gasteiger partial charge in [0.15, 0.2) is 0 Å². The van der Waals surface area contributed by atoms with E-state index in [9.17, 15) is 9.59 Å². The summed E-state index contributed by atoms with van der Waals surface area (Å²) < 4.78 is 9.92. The van der Waals surface area contributed by atoms with Crippen LogP contribution in [0.15, 0.2) is 0 Å². The Bertz CT molecular complexity index is 261. The van der Waals surface area contributed by atoms with Crippen LogP contribution in [0.3, 0.4) is 0 Å². The smallest absolute Gasteiger partial charge is 0.310 e. The lowest BCUT2D eigenvalue weighted by Crippen LogP contribution is -2.45. The Morgan fingerprint density at radius 3 is 2.18 bits per heavy atom. The quantitative estimate of drug-likeness (QED) is 0.376. The zero-order valence-corrected chi connectivity index (χ0v) is 11.3. The molecule has 0 radical (unpaired) electrons. The van der Waals surface area contributed by atoms with Gasteiger partial charge in [0.25, 0.3) is 0 Å². The van der Waals surface area contributed by atoms with Crippen molar-refractivity contribution < 1.29 is 23.5 Å². The molecule has 0 bridgehead atoms. The van der Waals surface area contributed by atoms with Gasteiger partial charge in [0.2, 0.25) is 0 Å². The predicted molar refractivity (Wildman–Crippen MR) is 63.0 cm³/mol. The van der Waals surface area contributed by atoms with Gasteiger partial charge in [-0.1, -0.05) is 0 Å². The van der Waals surface area contributed by atoms with Gasteiger partial charge in [0.1, 0.15) is 6.67 Å². The number of nitrogens with zero attached hydrogens (tertiary/aromatic N) is 1. The average molecular weight is 247 g/mol. The number of hydrogen-bond donors (Lipinski definition) is 1. The van der Waals surface area contributed by atoms with Crippen molar-refractivity contribution in [2.24, 2.45) is 5.92 Å². The standard InChI is InChI=1S/C11H23N2O4/c1-13(2,3)8-12-7-9(11(15)17-5)6-10(14)16-4/h9,12H,6-8H2,1-5H3/q+1. The lowest BCUT2D eigenvalue weighted by molar-refractivity contribution is -0.873. The highest BCUT2D eigenvalue weighted by atomic mass is 16.5. The molecular formula is C11H23N2O4+. The van der Waals surface area contributed by atoms with E-state index < -0.39 is 17.9 Å². The lowest BCUT2D eigenvalue weighted by atomic mass is 10.1. The van der Waals surface area contributed by atoms with Gasteiger partial charge in [-0.2, -0.15) is 0 Å². The maximum Gasteiger partial charge on any atom is 0.310 e. The fraction of sp³-hybridized carbons (Fsp3) is 0.818. The molecule has 0 saturated heterocycles. The topological polar surface area (TPSA) is 64.6 Å². The van der Waals surface area contributed by atoms with Crippen LogP contribution >= 0.6 is 0 Å². The first kappa shape index (κ1) is 15.9. The number of nitrogens with one attached hydrogen (secondary N) is 1. The lowest BCUT2D eigenvalue weighted by Gasteiger charge is -2.25. The Morgan fingerprint density at radius 1 is 1.18 bits per heavy atom. The predicted octanol–water partition coefficient (Wildman–Crippen LogP) is -0.408. The second-order valence-corrected chi connectivity index (χ2v) is 4.90. The molecule has 0 aliphatic rings. The molecule has 0 rings (SSSR count). The molecule has 1 unspecified atom stereocenters. The van der Waals surface area contributed by atoms with Crippen molar-refractivity contribution in [3.05, 3.63) is 0 Å². The number of carbonyl (C=O) groups is 2. The molecule has 6 heteroatoms. The van der Waals surface area contributed by atoms with Crippen molar-refractivity contribution in [3.8, 4) is 0 Å². The fourth-order valence-corrected chi connectivity index (χ4v) is 1.26. The van der Waals surface area contributed by atoms with Crippen LogP contribution < -0.4 is 5.32 Å². The Labute approximate surface area is 102 Å². The van der Waals surface area contributed by atoms with Crippen LogP contribution in [0.25, 0.3) is 0 Å². The normalized spacial score (nSPS) is 13.0. The van der Waals surface area contributed by atoms with Gasteiger partial charge in [-0.15, -0.1) is 0 Å². The Balaban J connectivity index is 4.21. The van der Waals surface area contributed by atoms with Crippen molar-refractivity contribution in [3.63, 3.8) is 0 Å². The summed E-state index contributed by atoms with van der Waals surface area (Å²) in [5.74, 6) is -1.31. The molecule has 100 valence electrons. The molecule has 1 atom stereocenters. The summed E-state index contributed by atoms with van der Waals surface area (Å²) in [6.45, 7) is 1.10. The van der Waals surface area contributed by atoms with E-state index in [1.165, 1.54) is 14.2 Å². The zero-order chi connectivity index (χ0) is 13.5. The molecule has 0 aliphatic heterocycles. The van der Waals surface area contributed by atoms with Crippen molar-refractivity contribution in [1.82, 2.24) is 5.32 Å². The first-order chi connectivity index (χ1) is 7.80. The highest BCUT2D eigenvalue weighted by Crippen LogP contribution is 2.06. The molecule has 0 aromatic carbocycles. The molecule has 0 fully saturated rings. The minimum atomic E-state index is -0.501. The van der Waals surface area contributed by atoms with Gasteiger partial charge < -0.3 is 14.0 Å². The van der Waals surface area contributed by atoms with Gasteiger partial charge in [-0.25, -0.2) is 0 Å². The summed E-state index contributed by atoms with van der Waals surface area (Å²) in [7, 11) is 8.70. The summed E-state index contributed by atoms with van der Waals surface area (Å²) in [6, 6.07) is 0. The molecule has 0 amide bonds. The van der Waals surface area contributed by atoms with Gasteiger partial charge in [-0.3, -0.25) is 14.9 Å². The monoisotopic (exact) mass is 247 g/mol. The van der Waals surface area contributed by atoms with Crippen molar-refractivity contribution >= 4 is 11.9 Å². The molecule has 0 spiro atoms. The van der Waals surface area contributed by atoms with Crippen LogP contribution in [0.2, 0.25) is 0 Å². The van der Waals surface area contributed by atoms with E-state index >= 15 is 0 Å². The third-order valence-corrected chi connectivity index (χ3v) is 2.15. The van der Waals surface area contributed by atoms with Gasteiger partial charge in [-0.05, 0) is 0 Å². The van der Waals surface area contributed by atoms with Gasteiger partial charge in [0, 0.05) is 6.54 Å². The second-order valence-electron chi connectivity index (χ2n) is 4.90. The SMILES string of the molecule is COC(=O)CC(CNC[N+](C)(C)C)C(=O)OC. The third-order valence-electron chi connectivity index (χ3n) is 2.15. The molecule has 0 aliphatic carbocycles. The van der Waals surface area contributed by atoms with E-state index in [1.54, 1.807) is 0 Å². The number of methoxy groups -OCH3 is 2. The first-order valence-corrected chi connectivity index (χ1v) is 5.46. The van der Waals surface area contributed by atoms with Crippen LogP contribution in [0.1, 0.15) is 6.42 Å². The maximum atomic E-state index is 11.4. The molecule has 0 heterocycles. The van der Waals surface area contributed by atoms with Crippen LogP contribution in [0, 0.1) is 5.92 Å². The summed E-state index contributed by atoms with van der Waals surface area (Å²) in [4.78, 5) is 22.6. The third kappa shape index (κ3) is 7.70. The van der Waals surface area contributed by atoms with Crippen LogP contribution in [0.4, 0.5) is 0 Å². The minimum Gasteiger partial charge on any atom is -0.469 e. The van der Waals surface area contributed by atoms with E-state index in [2.05, 4.69) is 14.8 Å². The summed E-state index contributed by atoms with van der Waals surface area (Å²) in [6.07, 6.45) is 0.0350. The number of hydrogen-bond acceptors (Lipinski definition) is 5. The number of esters is 2. The number of rotatable bonds is 7. The Kier molecular flexibility index (Phi) is 6.75. The maximum absolute atomic E-state index is 11.4. The van der Waals surface area contributed by atoms with E-state index in [0.29, 0.717) is 13.2 Å². The number of ether oxygens (including phenoxy) is 2. The van der Waals surface area contributed by atoms with E-state index in [-0.39, 0.29) is 6.42 Å². The van der Waals surface area contributed by atoms with Gasteiger partial charge in [0.05, 0.1) is 47.7 Å². The van der Waals surface area contributed by atoms with E-state index in [0.717, 1.165) is 4.48 Å². The van der Waals surface area contributed by atoms with Crippen molar-refractivity contribution in [2.45, 2.75) is 6.42 Å². The van der Waals surface area contributed by atoms with Crippen LogP contribution in [-0.4, -0.2) is 65.0 Å². The minimum absolute atomic E-state index is 0.0350. The average Bonchev–Trinajstić information content (AvgIpc) is 2.24. The number of carbonyl (C=O) groups excluding carboxylic acids is 2. The molecule has 0 saturated carbocycles. The van der Waals surface area contributed by atoms with Crippen molar-refractivity contribution in [1.29, 1.82) is 0 Å². The molecule has 17 heavy (non-hydrogen) atoms. The summed E-state index contributed by atoms with van der Waals surface area (Å²) >= 11 is 0. The highest BCUT2D eigenvalue weighted by Gasteiger charge is 2.23. The molecule has 1 N–H and O–H groups in total. The summed E-state index contributed by atoms with van der Waals surface area (Å²) in [5, 5.41) is 3.13. The van der Waals surface area contributed by atoms with Crippen molar-refractivity contribution in [2.75, 3.05) is 48.6 Å². The van der Waals surface area contributed by atoms with E-state index in [4.69, 9.17) is 0 Å². The van der Waals surface area contributed by atoms with Crippen LogP contribution in [0.5, 0.6) is 0 Å². The molecule has 6 nitrogen and oxygen atoms in total. The van der Waals surface area contributed by atoms with E-state index in [1.807, 2.05) is 21.1 Å². The fourth-order valence-electron chi connectivity index (χ4n) is 1.26. The summed E-state index contributed by atoms with van der Waals surface area (Å²) in [5.41, 5.74) is 0. The number of quaternary nitrogens is 1. The molecule has 0 aromatic rings. The Hall–Kier alpha value is -1.14.